The van der Waals surface area contributed by atoms with Crippen LogP contribution in [0.4, 0.5) is 0 Å². The van der Waals surface area contributed by atoms with Crippen molar-refractivity contribution in [2.75, 3.05) is 0 Å². The Morgan fingerprint density at radius 3 is 2.21 bits per heavy atom. The fraction of sp³-hybridized carbons (Fsp3) is 0. The van der Waals surface area contributed by atoms with Crippen LogP contribution in [0.2, 0.25) is 0 Å². The Bertz CT molecular complexity index is 1410. The second-order valence-electron chi connectivity index (χ2n) is 6.09. The molecule has 3 heteroatoms. The first kappa shape index (κ1) is 12.1. The maximum atomic E-state index is 6.16. The third-order valence-electron chi connectivity index (χ3n) is 4.79. The molecule has 0 spiro atoms. The van der Waals surface area contributed by atoms with E-state index in [4.69, 9.17) is 9.40 Å². The average molecular weight is 308 g/mol. The van der Waals surface area contributed by atoms with Gasteiger partial charge in [-0.3, -0.25) is 4.40 Å². The molecule has 3 aromatic carbocycles. The summed E-state index contributed by atoms with van der Waals surface area (Å²) in [5.74, 6) is 0. The molecule has 3 heterocycles. The second kappa shape index (κ2) is 4.15. The lowest BCUT2D eigenvalue weighted by Crippen LogP contribution is -1.90. The topological polar surface area (TPSA) is 30.4 Å². The van der Waals surface area contributed by atoms with Crippen molar-refractivity contribution in [3.8, 4) is 0 Å². The van der Waals surface area contributed by atoms with Gasteiger partial charge in [-0.15, -0.1) is 0 Å². The van der Waals surface area contributed by atoms with Gasteiger partial charge in [0.05, 0.1) is 5.52 Å². The number of rotatable bonds is 0. The van der Waals surface area contributed by atoms with E-state index in [2.05, 4.69) is 59.0 Å². The molecule has 6 aromatic rings. The normalized spacial score (nSPS) is 12.2. The van der Waals surface area contributed by atoms with E-state index in [-0.39, 0.29) is 0 Å². The van der Waals surface area contributed by atoms with Crippen LogP contribution in [-0.4, -0.2) is 9.38 Å². The maximum absolute atomic E-state index is 6.16. The molecule has 0 aliphatic carbocycles. The summed E-state index contributed by atoms with van der Waals surface area (Å²) in [7, 11) is 0. The molecule has 0 saturated carbocycles. The number of imidazole rings is 1. The minimum absolute atomic E-state index is 0.813. The molecule has 0 saturated heterocycles. The third-order valence-corrected chi connectivity index (χ3v) is 4.79. The highest BCUT2D eigenvalue weighted by molar-refractivity contribution is 6.15. The predicted molar refractivity (Wildman–Crippen MR) is 97.5 cm³/mol. The van der Waals surface area contributed by atoms with Crippen molar-refractivity contribution >= 4 is 49.5 Å². The van der Waals surface area contributed by atoms with Crippen molar-refractivity contribution < 1.29 is 4.42 Å². The minimum atomic E-state index is 0.813. The van der Waals surface area contributed by atoms with Crippen LogP contribution < -0.4 is 0 Å². The van der Waals surface area contributed by atoms with Crippen LogP contribution in [-0.2, 0) is 0 Å². The number of pyridine rings is 1. The summed E-state index contributed by atoms with van der Waals surface area (Å²) < 4.78 is 8.31. The summed E-state index contributed by atoms with van der Waals surface area (Å²) in [5, 5.41) is 4.63. The van der Waals surface area contributed by atoms with Crippen molar-refractivity contribution in [2.24, 2.45) is 0 Å². The van der Waals surface area contributed by atoms with Gasteiger partial charge >= 0.3 is 0 Å². The number of para-hydroxylation sites is 2. The highest BCUT2D eigenvalue weighted by atomic mass is 16.3. The Hall–Kier alpha value is -3.33. The zero-order valence-electron chi connectivity index (χ0n) is 12.7. The molecular weight excluding hydrogens is 296 g/mol. The molecule has 0 fully saturated rings. The fourth-order valence-corrected chi connectivity index (χ4v) is 3.74. The van der Waals surface area contributed by atoms with Crippen molar-refractivity contribution in [2.45, 2.75) is 0 Å². The Morgan fingerprint density at radius 1 is 0.667 bits per heavy atom. The van der Waals surface area contributed by atoms with Gasteiger partial charge in [0.2, 0.25) is 5.71 Å². The van der Waals surface area contributed by atoms with Crippen molar-refractivity contribution in [3.05, 3.63) is 72.8 Å². The number of fused-ring (bicyclic) bond motifs is 10. The smallest absolute Gasteiger partial charge is 0.233 e. The van der Waals surface area contributed by atoms with Crippen LogP contribution in [0.25, 0.3) is 49.5 Å². The molecule has 0 N–H and O–H groups in total. The van der Waals surface area contributed by atoms with E-state index in [0.717, 1.165) is 38.7 Å². The molecule has 112 valence electrons. The van der Waals surface area contributed by atoms with E-state index >= 15 is 0 Å². The Kier molecular flexibility index (Phi) is 2.10. The fourth-order valence-electron chi connectivity index (χ4n) is 3.74. The molecule has 0 atom stereocenters. The predicted octanol–water partition coefficient (Wildman–Crippen LogP) is 5.54. The van der Waals surface area contributed by atoms with Crippen LogP contribution in [0, 0.1) is 0 Å². The first-order valence-corrected chi connectivity index (χ1v) is 8.01. The first-order chi connectivity index (χ1) is 11.9. The van der Waals surface area contributed by atoms with Gasteiger partial charge in [-0.1, -0.05) is 54.6 Å². The average Bonchev–Trinajstić information content (AvgIpc) is 3.18. The summed E-state index contributed by atoms with van der Waals surface area (Å²) in [4.78, 5) is 4.95. The molecule has 0 aliphatic heterocycles. The lowest BCUT2D eigenvalue weighted by molar-refractivity contribution is 0.651. The van der Waals surface area contributed by atoms with Gasteiger partial charge in [-0.25, -0.2) is 4.98 Å². The van der Waals surface area contributed by atoms with Gasteiger partial charge in [-0.05, 0) is 23.6 Å². The zero-order chi connectivity index (χ0) is 15.7. The number of aromatic nitrogens is 2. The number of nitrogens with zero attached hydrogens (tertiary/aromatic N) is 2. The van der Waals surface area contributed by atoms with Crippen LogP contribution >= 0.6 is 0 Å². The number of furan rings is 1. The number of hydrogen-bond donors (Lipinski definition) is 0. The third kappa shape index (κ3) is 1.35. The molecular formula is C21H12N2O. The molecule has 0 unspecified atom stereocenters. The molecule has 3 aromatic heterocycles. The van der Waals surface area contributed by atoms with E-state index in [0.29, 0.717) is 0 Å². The van der Waals surface area contributed by atoms with Crippen LogP contribution in [0.1, 0.15) is 0 Å². The summed E-state index contributed by atoms with van der Waals surface area (Å²) in [6.45, 7) is 0. The maximum Gasteiger partial charge on any atom is 0.233 e. The SMILES string of the molecule is c1ccc2c(c1)oc1c2nc2c3ccccc3c3ccccc3n21. The van der Waals surface area contributed by atoms with Crippen LogP contribution in [0.3, 0.4) is 0 Å². The molecule has 0 radical (unpaired) electrons. The van der Waals surface area contributed by atoms with Crippen LogP contribution in [0.15, 0.2) is 77.2 Å². The standard InChI is InChI=1S/C21H12N2O/c1-2-9-15-13(7-1)14-8-3-5-11-17(14)23-20(15)22-19-16-10-4-6-12-18(16)24-21(19)23/h1-12H. The lowest BCUT2D eigenvalue weighted by Gasteiger charge is -2.07. The summed E-state index contributed by atoms with van der Waals surface area (Å²) in [5.41, 5.74) is 4.68. The monoisotopic (exact) mass is 308 g/mol. The molecule has 0 amide bonds. The Labute approximate surface area is 136 Å². The van der Waals surface area contributed by atoms with Gasteiger partial charge in [-0.2, -0.15) is 0 Å². The van der Waals surface area contributed by atoms with E-state index in [1.54, 1.807) is 0 Å². The Morgan fingerprint density at radius 2 is 1.33 bits per heavy atom. The molecule has 6 rings (SSSR count). The molecule has 0 bridgehead atoms. The van der Waals surface area contributed by atoms with E-state index in [1.807, 2.05) is 18.2 Å². The number of benzene rings is 3. The van der Waals surface area contributed by atoms with E-state index < -0.39 is 0 Å². The Balaban J connectivity index is 2.02. The molecule has 3 nitrogen and oxygen atoms in total. The van der Waals surface area contributed by atoms with Crippen LogP contribution in [0.5, 0.6) is 0 Å². The first-order valence-electron chi connectivity index (χ1n) is 8.01. The van der Waals surface area contributed by atoms with Gasteiger partial charge in [0.15, 0.2) is 0 Å². The molecule has 0 aliphatic rings. The van der Waals surface area contributed by atoms with Gasteiger partial charge in [0, 0.05) is 16.2 Å². The van der Waals surface area contributed by atoms with Gasteiger partial charge in [0.25, 0.3) is 0 Å². The van der Waals surface area contributed by atoms with E-state index in [9.17, 15) is 0 Å². The van der Waals surface area contributed by atoms with E-state index in [1.165, 1.54) is 10.8 Å². The summed E-state index contributed by atoms with van der Waals surface area (Å²) in [6, 6.07) is 24.9. The highest BCUT2D eigenvalue weighted by Gasteiger charge is 2.17. The number of hydrogen-bond acceptors (Lipinski definition) is 2. The lowest BCUT2D eigenvalue weighted by atomic mass is 10.1. The summed E-state index contributed by atoms with van der Waals surface area (Å²) in [6.07, 6.45) is 0. The van der Waals surface area contributed by atoms with Gasteiger partial charge in [0.1, 0.15) is 16.7 Å². The summed E-state index contributed by atoms with van der Waals surface area (Å²) >= 11 is 0. The second-order valence-corrected chi connectivity index (χ2v) is 6.09. The van der Waals surface area contributed by atoms with Gasteiger partial charge < -0.3 is 4.42 Å². The largest absolute Gasteiger partial charge is 0.437 e. The molecule has 24 heavy (non-hydrogen) atoms. The van der Waals surface area contributed by atoms with Crippen molar-refractivity contribution in [1.82, 2.24) is 9.38 Å². The highest BCUT2D eigenvalue weighted by Crippen LogP contribution is 2.35. The van der Waals surface area contributed by atoms with Crippen molar-refractivity contribution in [3.63, 3.8) is 0 Å². The zero-order valence-corrected chi connectivity index (χ0v) is 12.7. The van der Waals surface area contributed by atoms with Crippen molar-refractivity contribution in [1.29, 1.82) is 0 Å². The quantitative estimate of drug-likeness (QED) is 0.345. The minimum Gasteiger partial charge on any atom is -0.437 e.